The van der Waals surface area contributed by atoms with Crippen molar-refractivity contribution in [1.29, 1.82) is 0 Å². The van der Waals surface area contributed by atoms with Crippen LogP contribution in [0.2, 0.25) is 0 Å². The van der Waals surface area contributed by atoms with E-state index < -0.39 is 35.3 Å². The lowest BCUT2D eigenvalue weighted by Gasteiger charge is -2.20. The summed E-state index contributed by atoms with van der Waals surface area (Å²) in [5, 5.41) is 11.1. The van der Waals surface area contributed by atoms with Gasteiger partial charge in [-0.3, -0.25) is 4.79 Å². The highest BCUT2D eigenvalue weighted by molar-refractivity contribution is 5.91. The Morgan fingerprint density at radius 1 is 1.42 bits per heavy atom. The van der Waals surface area contributed by atoms with Crippen molar-refractivity contribution < 1.29 is 32.6 Å². The van der Waals surface area contributed by atoms with Crippen LogP contribution in [0.5, 0.6) is 5.75 Å². The summed E-state index contributed by atoms with van der Waals surface area (Å²) in [6.07, 6.45) is -4.39. The summed E-state index contributed by atoms with van der Waals surface area (Å²) in [5.74, 6) is -1.67. The van der Waals surface area contributed by atoms with E-state index in [-0.39, 0.29) is 31.9 Å². The molecule has 9 heteroatoms. The van der Waals surface area contributed by atoms with Crippen LogP contribution in [0.25, 0.3) is 0 Å². The molecule has 2 rings (SSSR count). The molecule has 1 unspecified atom stereocenters. The Morgan fingerprint density at radius 2 is 2.12 bits per heavy atom. The van der Waals surface area contributed by atoms with Crippen molar-refractivity contribution in [3.05, 3.63) is 23.8 Å². The first-order valence-corrected chi connectivity index (χ1v) is 7.35. The Morgan fingerprint density at radius 3 is 2.67 bits per heavy atom. The van der Waals surface area contributed by atoms with E-state index in [1.165, 1.54) is 11.0 Å². The number of carbonyl (C=O) groups is 2. The third-order valence-electron chi connectivity index (χ3n) is 3.67. The molecule has 1 saturated heterocycles. The van der Waals surface area contributed by atoms with Crippen molar-refractivity contribution in [2.24, 2.45) is 5.92 Å². The quantitative estimate of drug-likeness (QED) is 0.878. The van der Waals surface area contributed by atoms with E-state index in [0.717, 1.165) is 12.1 Å². The number of ether oxygens (including phenoxy) is 1. The van der Waals surface area contributed by atoms with Gasteiger partial charge in [-0.1, -0.05) is 0 Å². The molecule has 1 fully saturated rings. The lowest BCUT2D eigenvalue weighted by molar-refractivity contribution is -0.141. The Hall–Kier alpha value is -2.45. The van der Waals surface area contributed by atoms with Crippen LogP contribution in [0.15, 0.2) is 18.2 Å². The average Bonchev–Trinajstić information content (AvgIpc) is 2.98. The molecule has 24 heavy (non-hydrogen) atoms. The first kappa shape index (κ1) is 17.9. The topological polar surface area (TPSA) is 78.9 Å². The molecule has 1 aliphatic rings. The molecule has 0 bridgehead atoms. The van der Waals surface area contributed by atoms with E-state index in [4.69, 9.17) is 9.84 Å². The fraction of sp³-hybridized carbons (Fsp3) is 0.467. The number of urea groups is 1. The summed E-state index contributed by atoms with van der Waals surface area (Å²) >= 11 is 0. The summed E-state index contributed by atoms with van der Waals surface area (Å²) in [5.41, 5.74) is -1.41. The number of rotatable bonds is 4. The number of nitrogens with one attached hydrogen (secondary N) is 1. The summed E-state index contributed by atoms with van der Waals surface area (Å²) in [6.45, 7) is 2.02. The van der Waals surface area contributed by atoms with Crippen molar-refractivity contribution in [2.75, 3.05) is 25.0 Å². The van der Waals surface area contributed by atoms with Crippen molar-refractivity contribution in [2.45, 2.75) is 19.5 Å². The molecule has 0 aliphatic carbocycles. The second kappa shape index (κ2) is 6.98. The maximum atomic E-state index is 13.2. The first-order chi connectivity index (χ1) is 11.2. The van der Waals surface area contributed by atoms with Gasteiger partial charge < -0.3 is 20.1 Å². The van der Waals surface area contributed by atoms with Gasteiger partial charge in [0.2, 0.25) is 0 Å². The molecule has 0 aromatic heterocycles. The maximum Gasteiger partial charge on any atom is 0.418 e. The minimum atomic E-state index is -4.66. The van der Waals surface area contributed by atoms with Gasteiger partial charge in [-0.25, -0.2) is 4.79 Å². The van der Waals surface area contributed by atoms with Crippen LogP contribution >= 0.6 is 0 Å². The SMILES string of the molecule is CCOc1ccc(NC(=O)N2CCC(C(=O)O)C2)c(C(F)(F)F)c1. The molecule has 1 atom stereocenters. The molecular formula is C15H17F3N2O4. The average molecular weight is 346 g/mol. The molecular weight excluding hydrogens is 329 g/mol. The highest BCUT2D eigenvalue weighted by Gasteiger charge is 2.36. The second-order valence-electron chi connectivity index (χ2n) is 5.34. The molecule has 0 spiro atoms. The van der Waals surface area contributed by atoms with Crippen LogP contribution in [-0.4, -0.2) is 41.7 Å². The molecule has 0 saturated carbocycles. The molecule has 2 amide bonds. The minimum absolute atomic E-state index is 0.0282. The number of alkyl halides is 3. The number of aliphatic carboxylic acids is 1. The zero-order valence-electron chi connectivity index (χ0n) is 12.9. The highest BCUT2D eigenvalue weighted by atomic mass is 19.4. The third-order valence-corrected chi connectivity index (χ3v) is 3.67. The van der Waals surface area contributed by atoms with E-state index in [9.17, 15) is 22.8 Å². The second-order valence-corrected chi connectivity index (χ2v) is 5.34. The van der Waals surface area contributed by atoms with E-state index in [2.05, 4.69) is 5.32 Å². The summed E-state index contributed by atoms with van der Waals surface area (Å²) < 4.78 is 44.6. The van der Waals surface area contributed by atoms with Gasteiger partial charge in [0, 0.05) is 13.1 Å². The fourth-order valence-electron chi connectivity index (χ4n) is 2.46. The van der Waals surface area contributed by atoms with Crippen molar-refractivity contribution in [3.63, 3.8) is 0 Å². The minimum Gasteiger partial charge on any atom is -0.494 e. The number of anilines is 1. The van der Waals surface area contributed by atoms with E-state index >= 15 is 0 Å². The van der Waals surface area contributed by atoms with Crippen LogP contribution in [-0.2, 0) is 11.0 Å². The molecule has 2 N–H and O–H groups in total. The monoisotopic (exact) mass is 346 g/mol. The van der Waals surface area contributed by atoms with Gasteiger partial charge in [0.1, 0.15) is 5.75 Å². The van der Waals surface area contributed by atoms with Crippen LogP contribution in [0.1, 0.15) is 18.9 Å². The number of hydrogen-bond donors (Lipinski definition) is 2. The van der Waals surface area contributed by atoms with Crippen molar-refractivity contribution in [1.82, 2.24) is 4.90 Å². The van der Waals surface area contributed by atoms with Gasteiger partial charge in [-0.2, -0.15) is 13.2 Å². The number of carboxylic acids is 1. The zero-order chi connectivity index (χ0) is 17.9. The normalized spacial score (nSPS) is 17.7. The summed E-state index contributed by atoms with van der Waals surface area (Å²) in [7, 11) is 0. The standard InChI is InChI=1S/C15H17F3N2O4/c1-2-24-10-3-4-12(11(7-10)15(16,17)18)19-14(23)20-6-5-9(8-20)13(21)22/h3-4,7,9H,2,5-6,8H2,1H3,(H,19,23)(H,21,22). The number of carboxylic acid groups (broad SMARTS) is 1. The number of nitrogens with zero attached hydrogens (tertiary/aromatic N) is 1. The lowest BCUT2D eigenvalue weighted by Crippen LogP contribution is -2.34. The lowest BCUT2D eigenvalue weighted by atomic mass is 10.1. The zero-order valence-corrected chi connectivity index (χ0v) is 12.9. The van der Waals surface area contributed by atoms with Gasteiger partial charge >= 0.3 is 18.2 Å². The Labute approximate surface area is 136 Å². The van der Waals surface area contributed by atoms with Gasteiger partial charge in [0.15, 0.2) is 0 Å². The predicted molar refractivity (Wildman–Crippen MR) is 78.9 cm³/mol. The van der Waals surface area contributed by atoms with Crippen LogP contribution in [0.3, 0.4) is 0 Å². The van der Waals surface area contributed by atoms with Gasteiger partial charge in [-0.05, 0) is 31.5 Å². The number of carbonyl (C=O) groups excluding carboxylic acids is 1. The molecule has 132 valence electrons. The number of amides is 2. The number of hydrogen-bond acceptors (Lipinski definition) is 3. The van der Waals surface area contributed by atoms with Gasteiger partial charge in [0.25, 0.3) is 0 Å². The van der Waals surface area contributed by atoms with Gasteiger partial charge in [-0.15, -0.1) is 0 Å². The predicted octanol–water partition coefficient (Wildman–Crippen LogP) is 3.04. The molecule has 1 heterocycles. The van der Waals surface area contributed by atoms with Crippen LogP contribution < -0.4 is 10.1 Å². The summed E-state index contributed by atoms with van der Waals surface area (Å²) in [6, 6.07) is 2.52. The smallest absolute Gasteiger partial charge is 0.418 e. The molecule has 1 aliphatic heterocycles. The number of benzene rings is 1. The number of halogens is 3. The Bertz CT molecular complexity index is 634. The Kier molecular flexibility index (Phi) is 5.20. The van der Waals surface area contributed by atoms with E-state index in [1.54, 1.807) is 6.92 Å². The highest BCUT2D eigenvalue weighted by Crippen LogP contribution is 2.37. The molecule has 6 nitrogen and oxygen atoms in total. The summed E-state index contributed by atoms with van der Waals surface area (Å²) in [4.78, 5) is 24.2. The van der Waals surface area contributed by atoms with Gasteiger partial charge in [0.05, 0.1) is 23.8 Å². The third kappa shape index (κ3) is 4.09. The molecule has 1 aromatic rings. The van der Waals surface area contributed by atoms with Crippen LogP contribution in [0.4, 0.5) is 23.7 Å². The Balaban J connectivity index is 2.17. The molecule has 1 aromatic carbocycles. The molecule has 0 radical (unpaired) electrons. The van der Waals surface area contributed by atoms with Crippen molar-refractivity contribution >= 4 is 17.7 Å². The fourth-order valence-corrected chi connectivity index (χ4v) is 2.46. The van der Waals surface area contributed by atoms with E-state index in [1.807, 2.05) is 0 Å². The largest absolute Gasteiger partial charge is 0.494 e. The first-order valence-electron chi connectivity index (χ1n) is 7.35. The van der Waals surface area contributed by atoms with E-state index in [0.29, 0.717) is 0 Å². The number of likely N-dealkylation sites (tertiary alicyclic amines) is 1. The van der Waals surface area contributed by atoms with Crippen molar-refractivity contribution in [3.8, 4) is 5.75 Å². The maximum absolute atomic E-state index is 13.2. The van der Waals surface area contributed by atoms with Crippen LogP contribution in [0, 0.1) is 5.92 Å².